The van der Waals surface area contributed by atoms with E-state index in [9.17, 15) is 14.9 Å². The van der Waals surface area contributed by atoms with E-state index in [0.29, 0.717) is 23.2 Å². The molecule has 7 heteroatoms. The summed E-state index contributed by atoms with van der Waals surface area (Å²) in [5, 5.41) is 15.3. The third-order valence-corrected chi connectivity index (χ3v) is 4.85. The quantitative estimate of drug-likeness (QED) is 0.430. The number of nitro groups is 1. The predicted molar refractivity (Wildman–Crippen MR) is 101 cm³/mol. The summed E-state index contributed by atoms with van der Waals surface area (Å²) in [4.78, 5) is 26.2. The lowest BCUT2D eigenvalue weighted by Crippen LogP contribution is -2.26. The number of rotatable bonds is 5. The Labute approximate surface area is 149 Å². The Kier molecular flexibility index (Phi) is 4.30. The highest BCUT2D eigenvalue weighted by Crippen LogP contribution is 2.31. The number of nitrogens with zero attached hydrogens (tertiary/aromatic N) is 2. The highest BCUT2D eigenvalue weighted by atomic mass is 16.6. The van der Waals surface area contributed by atoms with E-state index >= 15 is 0 Å². The van der Waals surface area contributed by atoms with E-state index in [4.69, 9.17) is 4.42 Å². The van der Waals surface area contributed by atoms with Gasteiger partial charge in [-0.25, -0.2) is 0 Å². The monoisotopic (exact) mass is 353 g/mol. The first kappa shape index (κ1) is 16.5. The maximum absolute atomic E-state index is 13.0. The van der Waals surface area contributed by atoms with Gasteiger partial charge in [0.2, 0.25) is 11.0 Å². The van der Waals surface area contributed by atoms with Crippen molar-refractivity contribution in [2.45, 2.75) is 12.8 Å². The lowest BCUT2D eigenvalue weighted by molar-refractivity contribution is -0.383. The van der Waals surface area contributed by atoms with E-state index in [1.807, 2.05) is 0 Å². The van der Waals surface area contributed by atoms with Crippen LogP contribution in [0.1, 0.15) is 12.8 Å². The lowest BCUT2D eigenvalue weighted by Gasteiger charge is -2.16. The van der Waals surface area contributed by atoms with Crippen molar-refractivity contribution >= 4 is 33.3 Å². The fourth-order valence-corrected chi connectivity index (χ4v) is 3.53. The van der Waals surface area contributed by atoms with Crippen LogP contribution in [0.3, 0.4) is 0 Å². The van der Waals surface area contributed by atoms with E-state index < -0.39 is 4.92 Å². The molecule has 1 fully saturated rings. The van der Waals surface area contributed by atoms with Gasteiger partial charge in [0.1, 0.15) is 5.58 Å². The standard InChI is InChI=1S/C19H19N3O4/c23-18-13-5-1-2-6-16(13)26-19-15(22(24)25)8-7-14(17(18)19)20-9-12-21-10-3-4-11-21/h1-2,5-8,20H,3-4,9-12H2. The first-order valence-corrected chi connectivity index (χ1v) is 8.74. The largest absolute Gasteiger partial charge is 0.448 e. The molecule has 7 nitrogen and oxygen atoms in total. The number of hydrogen-bond acceptors (Lipinski definition) is 6. The van der Waals surface area contributed by atoms with Crippen molar-refractivity contribution in [3.05, 3.63) is 56.7 Å². The van der Waals surface area contributed by atoms with Crippen LogP contribution in [0, 0.1) is 10.1 Å². The van der Waals surface area contributed by atoms with Gasteiger partial charge in [0.25, 0.3) is 0 Å². The van der Waals surface area contributed by atoms with Crippen LogP contribution in [-0.4, -0.2) is 36.0 Å². The van der Waals surface area contributed by atoms with E-state index in [2.05, 4.69) is 10.2 Å². The van der Waals surface area contributed by atoms with E-state index in [1.165, 1.54) is 18.9 Å². The molecule has 2 heterocycles. The molecule has 0 aliphatic carbocycles. The number of likely N-dealkylation sites (tertiary alicyclic amines) is 1. The normalized spacial score (nSPS) is 14.9. The summed E-state index contributed by atoms with van der Waals surface area (Å²) in [6.07, 6.45) is 2.44. The summed E-state index contributed by atoms with van der Waals surface area (Å²) in [6.45, 7) is 3.72. The zero-order valence-corrected chi connectivity index (χ0v) is 14.2. The maximum atomic E-state index is 13.0. The lowest BCUT2D eigenvalue weighted by atomic mass is 10.1. The first-order chi connectivity index (χ1) is 12.6. The van der Waals surface area contributed by atoms with Crippen molar-refractivity contribution < 1.29 is 9.34 Å². The molecule has 0 atom stereocenters. The average molecular weight is 353 g/mol. The number of nitro benzene ring substituents is 1. The molecular formula is C19H19N3O4. The Bertz CT molecular complexity index is 1040. The molecule has 2 aromatic carbocycles. The van der Waals surface area contributed by atoms with Gasteiger partial charge in [-0.15, -0.1) is 0 Å². The third-order valence-electron chi connectivity index (χ3n) is 4.85. The highest BCUT2D eigenvalue weighted by Gasteiger charge is 2.21. The summed E-state index contributed by atoms with van der Waals surface area (Å²) in [5.41, 5.74) is 0.485. The van der Waals surface area contributed by atoms with Crippen LogP contribution in [0.2, 0.25) is 0 Å². The Morgan fingerprint density at radius 1 is 1.15 bits per heavy atom. The minimum atomic E-state index is -0.520. The number of non-ortho nitro benzene ring substituents is 1. The van der Waals surface area contributed by atoms with Crippen LogP contribution in [0.15, 0.2) is 45.6 Å². The molecule has 1 aliphatic rings. The van der Waals surface area contributed by atoms with Gasteiger partial charge in [0.15, 0.2) is 0 Å². The number of para-hydroxylation sites is 1. The second-order valence-electron chi connectivity index (χ2n) is 6.50. The van der Waals surface area contributed by atoms with Crippen molar-refractivity contribution in [3.63, 3.8) is 0 Å². The van der Waals surface area contributed by atoms with Crippen LogP contribution in [0.4, 0.5) is 11.4 Å². The molecular weight excluding hydrogens is 334 g/mol. The van der Waals surface area contributed by atoms with Crippen molar-refractivity contribution in [2.75, 3.05) is 31.5 Å². The Hall–Kier alpha value is -2.93. The van der Waals surface area contributed by atoms with Crippen molar-refractivity contribution in [2.24, 2.45) is 0 Å². The molecule has 1 aliphatic heterocycles. The molecule has 134 valence electrons. The van der Waals surface area contributed by atoms with Crippen LogP contribution in [0.25, 0.3) is 21.9 Å². The minimum absolute atomic E-state index is 0.0184. The third kappa shape index (κ3) is 2.90. The minimum Gasteiger partial charge on any atom is -0.448 e. The Morgan fingerprint density at radius 2 is 1.92 bits per heavy atom. The molecule has 26 heavy (non-hydrogen) atoms. The Balaban J connectivity index is 1.79. The molecule has 0 amide bonds. The smallest absolute Gasteiger partial charge is 0.312 e. The summed E-state index contributed by atoms with van der Waals surface area (Å²) in [7, 11) is 0. The molecule has 4 rings (SSSR count). The molecule has 0 saturated carbocycles. The summed E-state index contributed by atoms with van der Waals surface area (Å²) >= 11 is 0. The van der Waals surface area contributed by atoms with E-state index in [0.717, 1.165) is 19.6 Å². The fourth-order valence-electron chi connectivity index (χ4n) is 3.53. The van der Waals surface area contributed by atoms with Crippen LogP contribution >= 0.6 is 0 Å². The predicted octanol–water partition coefficient (Wildman–Crippen LogP) is 3.36. The summed E-state index contributed by atoms with van der Waals surface area (Å²) in [6, 6.07) is 9.79. The average Bonchev–Trinajstić information content (AvgIpc) is 3.15. The molecule has 0 radical (unpaired) electrons. The van der Waals surface area contributed by atoms with Crippen LogP contribution in [-0.2, 0) is 0 Å². The number of hydrogen-bond donors (Lipinski definition) is 1. The molecule has 0 spiro atoms. The molecule has 0 bridgehead atoms. The molecule has 1 aromatic heterocycles. The van der Waals surface area contributed by atoms with Gasteiger partial charge >= 0.3 is 5.69 Å². The van der Waals surface area contributed by atoms with Gasteiger partial charge in [-0.1, -0.05) is 12.1 Å². The number of nitrogens with one attached hydrogen (secondary N) is 1. The number of anilines is 1. The summed E-state index contributed by atoms with van der Waals surface area (Å²) in [5.74, 6) is 0. The van der Waals surface area contributed by atoms with Crippen molar-refractivity contribution in [1.29, 1.82) is 0 Å². The van der Waals surface area contributed by atoms with Crippen molar-refractivity contribution in [1.82, 2.24) is 4.90 Å². The van der Waals surface area contributed by atoms with Crippen LogP contribution < -0.4 is 10.7 Å². The van der Waals surface area contributed by atoms with E-state index in [-0.39, 0.29) is 22.1 Å². The molecule has 1 saturated heterocycles. The number of fused-ring (bicyclic) bond motifs is 2. The van der Waals surface area contributed by atoms with Gasteiger partial charge in [-0.3, -0.25) is 14.9 Å². The maximum Gasteiger partial charge on any atom is 0.312 e. The number of benzene rings is 2. The second kappa shape index (κ2) is 6.76. The second-order valence-corrected chi connectivity index (χ2v) is 6.50. The highest BCUT2D eigenvalue weighted by molar-refractivity contribution is 6.00. The topological polar surface area (TPSA) is 88.6 Å². The van der Waals surface area contributed by atoms with Crippen molar-refractivity contribution in [3.8, 4) is 0 Å². The molecule has 3 aromatic rings. The van der Waals surface area contributed by atoms with Gasteiger partial charge in [-0.05, 0) is 44.1 Å². The molecule has 0 unspecified atom stereocenters. The van der Waals surface area contributed by atoms with Crippen LogP contribution in [0.5, 0.6) is 0 Å². The first-order valence-electron chi connectivity index (χ1n) is 8.74. The Morgan fingerprint density at radius 3 is 2.69 bits per heavy atom. The van der Waals surface area contributed by atoms with Gasteiger partial charge in [0, 0.05) is 24.8 Å². The molecule has 1 N–H and O–H groups in total. The summed E-state index contributed by atoms with van der Waals surface area (Å²) < 4.78 is 5.75. The fraction of sp³-hybridized carbons (Fsp3) is 0.316. The SMILES string of the molecule is O=c1c2ccccc2oc2c([N+](=O)[O-])ccc(NCCN3CCCC3)c12. The van der Waals surface area contributed by atoms with Gasteiger partial charge in [0.05, 0.1) is 15.7 Å². The zero-order valence-electron chi connectivity index (χ0n) is 14.2. The van der Waals surface area contributed by atoms with Gasteiger partial charge < -0.3 is 14.6 Å². The zero-order chi connectivity index (χ0) is 18.1. The van der Waals surface area contributed by atoms with Gasteiger partial charge in [-0.2, -0.15) is 0 Å². The van der Waals surface area contributed by atoms with E-state index in [1.54, 1.807) is 30.3 Å².